The van der Waals surface area contributed by atoms with E-state index in [1.807, 2.05) is 36.4 Å². The molecule has 6 nitrogen and oxygen atoms in total. The van der Waals surface area contributed by atoms with Crippen molar-refractivity contribution in [1.29, 1.82) is 0 Å². The smallest absolute Gasteiger partial charge is 0.257 e. The number of H-pyrrole nitrogens is 1. The Kier molecular flexibility index (Phi) is 4.75. The first kappa shape index (κ1) is 16.5. The molecule has 0 amide bonds. The molecule has 0 fully saturated rings. The lowest BCUT2D eigenvalue weighted by Gasteiger charge is -2.27. The van der Waals surface area contributed by atoms with Crippen LogP contribution in [-0.2, 0) is 26.1 Å². The lowest BCUT2D eigenvalue weighted by molar-refractivity contribution is 0.242. The summed E-state index contributed by atoms with van der Waals surface area (Å²) in [6.07, 6.45) is 2.53. The van der Waals surface area contributed by atoms with Crippen molar-refractivity contribution in [3.05, 3.63) is 87.6 Å². The van der Waals surface area contributed by atoms with Crippen LogP contribution in [0.5, 0.6) is 0 Å². The van der Waals surface area contributed by atoms with Gasteiger partial charge in [0.05, 0.1) is 23.5 Å². The summed E-state index contributed by atoms with van der Waals surface area (Å²) in [6, 6.07) is 16.1. The Morgan fingerprint density at radius 1 is 1.12 bits per heavy atom. The van der Waals surface area contributed by atoms with Crippen LogP contribution in [0.2, 0.25) is 0 Å². The Morgan fingerprint density at radius 3 is 2.77 bits per heavy atom. The predicted molar refractivity (Wildman–Crippen MR) is 101 cm³/mol. The summed E-state index contributed by atoms with van der Waals surface area (Å²) in [4.78, 5) is 26.5. The minimum atomic E-state index is -0.0590. The molecule has 1 aliphatic heterocycles. The van der Waals surface area contributed by atoms with Crippen LogP contribution >= 0.6 is 0 Å². The molecule has 0 atom stereocenters. The minimum absolute atomic E-state index is 0.0590. The largest absolute Gasteiger partial charge is 0.350 e. The van der Waals surface area contributed by atoms with E-state index in [1.165, 1.54) is 5.56 Å². The van der Waals surface area contributed by atoms with Crippen LogP contribution in [0.25, 0.3) is 0 Å². The number of rotatable bonds is 5. The normalized spacial score (nSPS) is 14.0. The first-order chi connectivity index (χ1) is 12.8. The van der Waals surface area contributed by atoms with Gasteiger partial charge in [0.25, 0.3) is 5.56 Å². The molecule has 2 aromatic heterocycles. The topological polar surface area (TPSA) is 73.9 Å². The van der Waals surface area contributed by atoms with Gasteiger partial charge >= 0.3 is 0 Å². The summed E-state index contributed by atoms with van der Waals surface area (Å²) in [7, 11) is 0. The number of aromatic amines is 1. The highest BCUT2D eigenvalue weighted by Gasteiger charge is 2.21. The molecule has 3 heterocycles. The molecule has 0 spiro atoms. The third-order valence-electron chi connectivity index (χ3n) is 4.56. The second-order valence-electron chi connectivity index (χ2n) is 6.46. The van der Waals surface area contributed by atoms with Gasteiger partial charge < -0.3 is 5.32 Å². The molecular formula is C20H21N5O. The Morgan fingerprint density at radius 2 is 1.96 bits per heavy atom. The molecule has 4 rings (SSSR count). The van der Waals surface area contributed by atoms with Crippen LogP contribution in [0.1, 0.15) is 22.5 Å². The van der Waals surface area contributed by atoms with Crippen molar-refractivity contribution in [3.63, 3.8) is 0 Å². The average Bonchev–Trinajstić information content (AvgIpc) is 2.68. The van der Waals surface area contributed by atoms with E-state index in [9.17, 15) is 4.79 Å². The molecule has 0 bridgehead atoms. The van der Waals surface area contributed by atoms with E-state index in [1.54, 1.807) is 6.20 Å². The summed E-state index contributed by atoms with van der Waals surface area (Å²) >= 11 is 0. The van der Waals surface area contributed by atoms with E-state index in [-0.39, 0.29) is 5.56 Å². The van der Waals surface area contributed by atoms with Gasteiger partial charge in [-0.3, -0.25) is 19.7 Å². The highest BCUT2D eigenvalue weighted by atomic mass is 16.1. The van der Waals surface area contributed by atoms with E-state index in [2.05, 4.69) is 37.3 Å². The molecule has 0 aliphatic carbocycles. The van der Waals surface area contributed by atoms with Crippen molar-refractivity contribution in [1.82, 2.24) is 19.9 Å². The molecule has 0 saturated carbocycles. The molecule has 2 N–H and O–H groups in total. The SMILES string of the molecule is O=c1[nH]c(NCc2ccccn2)nc2c1CN(Cc1ccccc1)CC2. The zero-order valence-corrected chi connectivity index (χ0v) is 14.5. The van der Waals surface area contributed by atoms with Crippen LogP contribution in [0.4, 0.5) is 5.95 Å². The monoisotopic (exact) mass is 347 g/mol. The third kappa shape index (κ3) is 3.81. The quantitative estimate of drug-likeness (QED) is 0.741. The van der Waals surface area contributed by atoms with Gasteiger partial charge in [-0.25, -0.2) is 4.98 Å². The molecule has 0 unspecified atom stereocenters. The zero-order chi connectivity index (χ0) is 17.8. The molecule has 1 aliphatic rings. The first-order valence-corrected chi connectivity index (χ1v) is 8.80. The lowest BCUT2D eigenvalue weighted by atomic mass is 10.1. The third-order valence-corrected chi connectivity index (χ3v) is 4.56. The molecule has 3 aromatic rings. The molecule has 132 valence electrons. The fourth-order valence-electron chi connectivity index (χ4n) is 3.22. The van der Waals surface area contributed by atoms with Gasteiger partial charge in [-0.15, -0.1) is 0 Å². The fourth-order valence-corrected chi connectivity index (χ4v) is 3.22. The van der Waals surface area contributed by atoms with E-state index in [0.29, 0.717) is 19.0 Å². The number of nitrogens with zero attached hydrogens (tertiary/aromatic N) is 3. The number of fused-ring (bicyclic) bond motifs is 1. The van der Waals surface area contributed by atoms with E-state index >= 15 is 0 Å². The number of nitrogens with one attached hydrogen (secondary N) is 2. The van der Waals surface area contributed by atoms with Crippen molar-refractivity contribution in [2.45, 2.75) is 26.1 Å². The molecule has 0 radical (unpaired) electrons. The molecule has 26 heavy (non-hydrogen) atoms. The fraction of sp³-hybridized carbons (Fsp3) is 0.250. The molecule has 6 heteroatoms. The van der Waals surface area contributed by atoms with E-state index in [4.69, 9.17) is 0 Å². The molecule has 0 saturated heterocycles. The van der Waals surface area contributed by atoms with Crippen molar-refractivity contribution in [2.75, 3.05) is 11.9 Å². The van der Waals surface area contributed by atoms with Gasteiger partial charge in [0.1, 0.15) is 0 Å². The Bertz CT molecular complexity index is 924. The summed E-state index contributed by atoms with van der Waals surface area (Å²) in [5.41, 5.74) is 3.77. The second kappa shape index (κ2) is 7.49. The summed E-state index contributed by atoms with van der Waals surface area (Å²) < 4.78 is 0. The van der Waals surface area contributed by atoms with Crippen LogP contribution in [0.15, 0.2) is 59.5 Å². The zero-order valence-electron chi connectivity index (χ0n) is 14.5. The van der Waals surface area contributed by atoms with Gasteiger partial charge in [0.2, 0.25) is 5.95 Å². The van der Waals surface area contributed by atoms with Crippen molar-refractivity contribution in [3.8, 4) is 0 Å². The van der Waals surface area contributed by atoms with Gasteiger partial charge in [0.15, 0.2) is 0 Å². The molecule has 1 aromatic carbocycles. The van der Waals surface area contributed by atoms with E-state index in [0.717, 1.165) is 36.5 Å². The summed E-state index contributed by atoms with van der Waals surface area (Å²) in [5, 5.41) is 3.16. The maximum Gasteiger partial charge on any atom is 0.257 e. The van der Waals surface area contributed by atoms with E-state index < -0.39 is 0 Å². The first-order valence-electron chi connectivity index (χ1n) is 8.80. The minimum Gasteiger partial charge on any atom is -0.350 e. The second-order valence-corrected chi connectivity index (χ2v) is 6.46. The predicted octanol–water partition coefficient (Wildman–Crippen LogP) is 2.34. The van der Waals surface area contributed by atoms with Gasteiger partial charge in [-0.05, 0) is 17.7 Å². The van der Waals surface area contributed by atoms with Crippen LogP contribution < -0.4 is 10.9 Å². The Labute approximate surface area is 151 Å². The van der Waals surface area contributed by atoms with Crippen molar-refractivity contribution < 1.29 is 0 Å². The Hall–Kier alpha value is -2.99. The number of pyridine rings is 1. The van der Waals surface area contributed by atoms with Crippen LogP contribution in [-0.4, -0.2) is 26.4 Å². The number of anilines is 1. The highest BCUT2D eigenvalue weighted by molar-refractivity contribution is 5.32. The summed E-state index contributed by atoms with van der Waals surface area (Å²) in [6.45, 7) is 2.91. The van der Waals surface area contributed by atoms with Gasteiger partial charge in [-0.2, -0.15) is 0 Å². The number of benzene rings is 1. The number of hydrogen-bond donors (Lipinski definition) is 2. The van der Waals surface area contributed by atoms with Crippen LogP contribution in [0, 0.1) is 0 Å². The summed E-state index contributed by atoms with van der Waals surface area (Å²) in [5.74, 6) is 0.510. The Balaban J connectivity index is 1.46. The van der Waals surface area contributed by atoms with Crippen molar-refractivity contribution in [2.24, 2.45) is 0 Å². The standard InChI is InChI=1S/C20H21N5O/c26-19-17-14-25(13-15-6-2-1-3-7-15)11-9-18(17)23-20(24-19)22-12-16-8-4-5-10-21-16/h1-8,10H,9,11-14H2,(H2,22,23,24,26). The van der Waals surface area contributed by atoms with Crippen LogP contribution in [0.3, 0.4) is 0 Å². The maximum atomic E-state index is 12.5. The molecular weight excluding hydrogens is 326 g/mol. The maximum absolute atomic E-state index is 12.5. The van der Waals surface area contributed by atoms with Gasteiger partial charge in [0, 0.05) is 32.3 Å². The number of hydrogen-bond acceptors (Lipinski definition) is 5. The van der Waals surface area contributed by atoms with Gasteiger partial charge in [-0.1, -0.05) is 36.4 Å². The average molecular weight is 347 g/mol. The number of aromatic nitrogens is 3. The van der Waals surface area contributed by atoms with Crippen molar-refractivity contribution >= 4 is 5.95 Å². The lowest BCUT2D eigenvalue weighted by Crippen LogP contribution is -2.35. The highest BCUT2D eigenvalue weighted by Crippen LogP contribution is 2.17.